The van der Waals surface area contributed by atoms with E-state index >= 15 is 0 Å². The molecule has 28 heavy (non-hydrogen) atoms. The van der Waals surface area contributed by atoms with E-state index in [9.17, 15) is 19.2 Å². The SMILES string of the molecule is CC(=O)N(C(=O)OCc1ccccc1)[C@@H](CCC=O)[C@H](CCCC=O)N=[N+]=[N-]. The standard InChI is InChI=1S/C19H24N4O5/c1-15(26)23(19(27)28-14-16-8-3-2-4-9-16)18(11-7-13-25)17(21-22-20)10-5-6-12-24/h2-4,8-9,12-13,17-18H,5-7,10-11,14H2,1H3/t17-,18-/m0/s1. The normalized spacial score (nSPS) is 12.2. The summed E-state index contributed by atoms with van der Waals surface area (Å²) in [5.41, 5.74) is 9.63. The second-order valence-corrected chi connectivity index (χ2v) is 6.11. The van der Waals surface area contributed by atoms with Gasteiger partial charge in [0.2, 0.25) is 5.91 Å². The number of benzene rings is 1. The molecule has 2 atom stereocenters. The number of amides is 2. The number of carbonyl (C=O) groups is 4. The van der Waals surface area contributed by atoms with Gasteiger partial charge in [-0.1, -0.05) is 35.4 Å². The van der Waals surface area contributed by atoms with E-state index in [1.807, 2.05) is 6.07 Å². The first kappa shape index (κ1) is 22.9. The molecule has 0 bridgehead atoms. The van der Waals surface area contributed by atoms with Crippen molar-refractivity contribution >= 4 is 24.6 Å². The first-order chi connectivity index (χ1) is 13.5. The van der Waals surface area contributed by atoms with Gasteiger partial charge in [-0.3, -0.25) is 4.79 Å². The van der Waals surface area contributed by atoms with Gasteiger partial charge in [-0.2, -0.15) is 0 Å². The smallest absolute Gasteiger partial charge is 0.417 e. The summed E-state index contributed by atoms with van der Waals surface area (Å²) in [6.07, 6.45) is 1.72. The van der Waals surface area contributed by atoms with Gasteiger partial charge in [0.15, 0.2) is 0 Å². The molecule has 0 N–H and O–H groups in total. The molecule has 1 rings (SSSR count). The van der Waals surface area contributed by atoms with E-state index in [2.05, 4.69) is 10.0 Å². The monoisotopic (exact) mass is 388 g/mol. The molecule has 9 nitrogen and oxygen atoms in total. The molecule has 0 aliphatic carbocycles. The summed E-state index contributed by atoms with van der Waals surface area (Å²) in [5.74, 6) is -0.581. The van der Waals surface area contributed by atoms with Crippen molar-refractivity contribution in [2.45, 2.75) is 57.7 Å². The Morgan fingerprint density at radius 1 is 1.18 bits per heavy atom. The van der Waals surface area contributed by atoms with Crippen LogP contribution in [0.5, 0.6) is 0 Å². The molecule has 0 heterocycles. The lowest BCUT2D eigenvalue weighted by atomic mass is 9.97. The highest BCUT2D eigenvalue weighted by molar-refractivity contribution is 5.91. The summed E-state index contributed by atoms with van der Waals surface area (Å²) in [6, 6.07) is 7.36. The lowest BCUT2D eigenvalue weighted by Gasteiger charge is -2.32. The number of unbranched alkanes of at least 4 members (excludes halogenated alkanes) is 1. The lowest BCUT2D eigenvalue weighted by molar-refractivity contribution is -0.130. The van der Waals surface area contributed by atoms with Crippen LogP contribution in [0.2, 0.25) is 0 Å². The van der Waals surface area contributed by atoms with Gasteiger partial charge < -0.3 is 14.3 Å². The minimum absolute atomic E-state index is 0.0266. The summed E-state index contributed by atoms with van der Waals surface area (Å²) in [6.45, 7) is 1.18. The van der Waals surface area contributed by atoms with Gasteiger partial charge in [0, 0.05) is 24.7 Å². The number of nitrogens with zero attached hydrogens (tertiary/aromatic N) is 4. The van der Waals surface area contributed by atoms with Gasteiger partial charge in [-0.05, 0) is 30.4 Å². The van der Waals surface area contributed by atoms with Crippen molar-refractivity contribution in [3.05, 3.63) is 46.3 Å². The number of ether oxygens (including phenoxy) is 1. The molecule has 0 saturated carbocycles. The Morgan fingerprint density at radius 2 is 1.86 bits per heavy atom. The second kappa shape index (κ2) is 13.1. The fraction of sp³-hybridized carbons (Fsp3) is 0.474. The number of carbonyl (C=O) groups excluding carboxylic acids is 4. The number of rotatable bonds is 12. The molecule has 150 valence electrons. The fourth-order valence-corrected chi connectivity index (χ4v) is 2.82. The highest BCUT2D eigenvalue weighted by Gasteiger charge is 2.34. The van der Waals surface area contributed by atoms with Crippen LogP contribution in [0, 0.1) is 0 Å². The summed E-state index contributed by atoms with van der Waals surface area (Å²) < 4.78 is 5.25. The largest absolute Gasteiger partial charge is 0.444 e. The number of imide groups is 1. The van der Waals surface area contributed by atoms with Crippen molar-refractivity contribution in [3.63, 3.8) is 0 Å². The Morgan fingerprint density at radius 3 is 2.43 bits per heavy atom. The van der Waals surface area contributed by atoms with Crippen molar-refractivity contribution in [1.29, 1.82) is 0 Å². The van der Waals surface area contributed by atoms with Crippen LogP contribution in [0.1, 0.15) is 44.6 Å². The molecule has 0 spiro atoms. The Bertz CT molecular complexity index is 704. The summed E-state index contributed by atoms with van der Waals surface area (Å²) in [7, 11) is 0. The van der Waals surface area contributed by atoms with Gasteiger partial charge in [0.25, 0.3) is 0 Å². The molecule has 0 radical (unpaired) electrons. The maximum atomic E-state index is 12.6. The molecule has 2 amide bonds. The second-order valence-electron chi connectivity index (χ2n) is 6.11. The van der Waals surface area contributed by atoms with Crippen molar-refractivity contribution in [2.75, 3.05) is 0 Å². The van der Waals surface area contributed by atoms with Gasteiger partial charge in [-0.15, -0.1) is 0 Å². The van der Waals surface area contributed by atoms with Crippen molar-refractivity contribution in [3.8, 4) is 0 Å². The highest BCUT2D eigenvalue weighted by Crippen LogP contribution is 2.21. The summed E-state index contributed by atoms with van der Waals surface area (Å²) in [4.78, 5) is 49.9. The van der Waals surface area contributed by atoms with Gasteiger partial charge in [0.1, 0.15) is 19.2 Å². The Balaban J connectivity index is 3.02. The van der Waals surface area contributed by atoms with E-state index in [-0.39, 0.29) is 25.9 Å². The molecular formula is C19H24N4O5. The van der Waals surface area contributed by atoms with E-state index in [0.717, 1.165) is 16.7 Å². The van der Waals surface area contributed by atoms with Crippen LogP contribution < -0.4 is 0 Å². The zero-order valence-corrected chi connectivity index (χ0v) is 15.8. The third kappa shape index (κ3) is 7.59. The summed E-state index contributed by atoms with van der Waals surface area (Å²) in [5, 5.41) is 3.70. The van der Waals surface area contributed by atoms with Crippen LogP contribution in [-0.4, -0.2) is 41.6 Å². The van der Waals surface area contributed by atoms with Crippen LogP contribution >= 0.6 is 0 Å². The van der Waals surface area contributed by atoms with E-state index in [0.29, 0.717) is 19.1 Å². The molecule has 1 aromatic carbocycles. The maximum absolute atomic E-state index is 12.6. The van der Waals surface area contributed by atoms with Gasteiger partial charge in [0.05, 0.1) is 12.1 Å². The topological polar surface area (TPSA) is 130 Å². The molecule has 1 aromatic rings. The third-order valence-corrected chi connectivity index (χ3v) is 4.12. The van der Waals surface area contributed by atoms with E-state index < -0.39 is 24.1 Å². The molecule has 0 fully saturated rings. The number of aldehydes is 2. The summed E-state index contributed by atoms with van der Waals surface area (Å²) >= 11 is 0. The quantitative estimate of drug-likeness (QED) is 0.178. The molecule has 9 heteroatoms. The first-order valence-electron chi connectivity index (χ1n) is 8.97. The number of hydrogen-bond acceptors (Lipinski definition) is 6. The molecular weight excluding hydrogens is 364 g/mol. The van der Waals surface area contributed by atoms with Crippen molar-refractivity contribution < 1.29 is 23.9 Å². The van der Waals surface area contributed by atoms with Crippen LogP contribution in [0.25, 0.3) is 10.4 Å². The van der Waals surface area contributed by atoms with E-state index in [4.69, 9.17) is 10.3 Å². The van der Waals surface area contributed by atoms with Crippen LogP contribution in [0.3, 0.4) is 0 Å². The minimum atomic E-state index is -0.874. The van der Waals surface area contributed by atoms with Gasteiger partial charge in [-0.25, -0.2) is 9.69 Å². The first-order valence-corrected chi connectivity index (χ1v) is 8.97. The predicted molar refractivity (Wildman–Crippen MR) is 101 cm³/mol. The molecule has 0 aromatic heterocycles. The van der Waals surface area contributed by atoms with Crippen LogP contribution in [0.4, 0.5) is 4.79 Å². The average Bonchev–Trinajstić information content (AvgIpc) is 2.69. The highest BCUT2D eigenvalue weighted by atomic mass is 16.6. The van der Waals surface area contributed by atoms with Crippen molar-refractivity contribution in [2.24, 2.45) is 5.11 Å². The Labute approximate surface area is 163 Å². The predicted octanol–water partition coefficient (Wildman–Crippen LogP) is 3.57. The van der Waals surface area contributed by atoms with E-state index in [1.165, 1.54) is 6.92 Å². The minimum Gasteiger partial charge on any atom is -0.444 e. The zero-order valence-electron chi connectivity index (χ0n) is 15.8. The number of azide groups is 1. The van der Waals surface area contributed by atoms with Crippen LogP contribution in [0.15, 0.2) is 35.4 Å². The Hall–Kier alpha value is -3.19. The lowest BCUT2D eigenvalue weighted by Crippen LogP contribution is -2.49. The average molecular weight is 388 g/mol. The number of hydrogen-bond donors (Lipinski definition) is 0. The third-order valence-electron chi connectivity index (χ3n) is 4.12. The zero-order chi connectivity index (χ0) is 20.8. The van der Waals surface area contributed by atoms with Crippen LogP contribution in [-0.2, 0) is 25.7 Å². The van der Waals surface area contributed by atoms with Crippen molar-refractivity contribution in [1.82, 2.24) is 4.90 Å². The Kier molecular flexibility index (Phi) is 10.7. The molecule has 0 unspecified atom stereocenters. The molecule has 0 aliphatic heterocycles. The fourth-order valence-electron chi connectivity index (χ4n) is 2.82. The maximum Gasteiger partial charge on any atom is 0.417 e. The van der Waals surface area contributed by atoms with E-state index in [1.54, 1.807) is 24.3 Å². The van der Waals surface area contributed by atoms with Gasteiger partial charge >= 0.3 is 6.09 Å². The molecule has 0 saturated heterocycles. The molecule has 0 aliphatic rings.